The Morgan fingerprint density at radius 3 is 2.32 bits per heavy atom. The summed E-state index contributed by atoms with van der Waals surface area (Å²) in [5.74, 6) is 0.779. The third kappa shape index (κ3) is 5.24. The molecule has 0 radical (unpaired) electrons. The third-order valence-electron chi connectivity index (χ3n) is 6.23. The predicted octanol–water partition coefficient (Wildman–Crippen LogP) is 4.74. The lowest BCUT2D eigenvalue weighted by atomic mass is 9.95. The molecule has 2 fully saturated rings. The summed E-state index contributed by atoms with van der Waals surface area (Å²) < 4.78 is 19.6. The Morgan fingerprint density at radius 1 is 0.903 bits per heavy atom. The molecule has 164 valence electrons. The zero-order chi connectivity index (χ0) is 21.6. The number of piperidine rings is 1. The highest BCUT2D eigenvalue weighted by Gasteiger charge is 2.29. The highest BCUT2D eigenvalue weighted by atomic mass is 19.1. The van der Waals surface area contributed by atoms with Gasteiger partial charge in [-0.2, -0.15) is 0 Å². The molecule has 31 heavy (non-hydrogen) atoms. The average Bonchev–Trinajstić information content (AvgIpc) is 3.10. The van der Waals surface area contributed by atoms with Crippen molar-refractivity contribution in [3.63, 3.8) is 0 Å². The van der Waals surface area contributed by atoms with E-state index in [2.05, 4.69) is 0 Å². The van der Waals surface area contributed by atoms with Crippen LogP contribution in [-0.4, -0.2) is 47.8 Å². The quantitative estimate of drug-likeness (QED) is 0.666. The topological polar surface area (TPSA) is 53.8 Å². The fourth-order valence-corrected chi connectivity index (χ4v) is 4.40. The summed E-state index contributed by atoms with van der Waals surface area (Å²) in [6, 6.07) is 9.84. The maximum Gasteiger partial charge on any atom is 0.246 e. The van der Waals surface area contributed by atoms with E-state index in [1.807, 2.05) is 4.90 Å². The third-order valence-corrected chi connectivity index (χ3v) is 6.23. The van der Waals surface area contributed by atoms with Crippen LogP contribution in [0.1, 0.15) is 44.3 Å². The number of amides is 2. The van der Waals surface area contributed by atoms with E-state index in [0.717, 1.165) is 25.9 Å². The fraction of sp³-hybridized carbons (Fsp3) is 0.440. The summed E-state index contributed by atoms with van der Waals surface area (Å²) in [7, 11) is 0. The van der Waals surface area contributed by atoms with E-state index < -0.39 is 0 Å². The molecule has 0 bridgehead atoms. The molecule has 5 nitrogen and oxygen atoms in total. The van der Waals surface area contributed by atoms with Crippen molar-refractivity contribution in [2.24, 2.45) is 5.92 Å². The lowest BCUT2D eigenvalue weighted by molar-refractivity contribution is -0.139. The van der Waals surface area contributed by atoms with Gasteiger partial charge in [-0.1, -0.05) is 25.0 Å². The van der Waals surface area contributed by atoms with Crippen molar-refractivity contribution in [1.29, 1.82) is 0 Å². The molecule has 2 amide bonds. The SMILES string of the molecule is O=C(C=Cc1ccc(-c2ccccc2F)o1)N1CCC(C(=O)N2CCCCCC2)CC1. The van der Waals surface area contributed by atoms with E-state index in [1.54, 1.807) is 41.3 Å². The van der Waals surface area contributed by atoms with Gasteiger partial charge in [0.05, 0.1) is 5.56 Å². The van der Waals surface area contributed by atoms with Crippen LogP contribution in [0.15, 0.2) is 46.9 Å². The number of halogens is 1. The number of benzene rings is 1. The molecule has 0 N–H and O–H groups in total. The molecule has 0 spiro atoms. The van der Waals surface area contributed by atoms with Crippen LogP contribution in [0.5, 0.6) is 0 Å². The molecule has 2 saturated heterocycles. The van der Waals surface area contributed by atoms with Crippen molar-refractivity contribution in [3.8, 4) is 11.3 Å². The van der Waals surface area contributed by atoms with Gasteiger partial charge in [0.2, 0.25) is 11.8 Å². The second kappa shape index (κ2) is 9.94. The van der Waals surface area contributed by atoms with Crippen molar-refractivity contribution < 1.29 is 18.4 Å². The molecule has 0 atom stereocenters. The molecule has 2 aliphatic rings. The number of nitrogens with zero attached hydrogens (tertiary/aromatic N) is 2. The Bertz CT molecular complexity index is 936. The summed E-state index contributed by atoms with van der Waals surface area (Å²) in [6.45, 7) is 2.93. The molecule has 0 unspecified atom stereocenters. The highest BCUT2D eigenvalue weighted by Crippen LogP contribution is 2.26. The van der Waals surface area contributed by atoms with Crippen molar-refractivity contribution in [2.45, 2.75) is 38.5 Å². The zero-order valence-electron chi connectivity index (χ0n) is 17.8. The van der Waals surface area contributed by atoms with Crippen molar-refractivity contribution in [3.05, 3.63) is 54.1 Å². The Morgan fingerprint density at radius 2 is 1.61 bits per heavy atom. The minimum atomic E-state index is -0.346. The van der Waals surface area contributed by atoms with E-state index in [4.69, 9.17) is 4.42 Å². The molecule has 4 rings (SSSR count). The van der Waals surface area contributed by atoms with E-state index in [0.29, 0.717) is 43.0 Å². The van der Waals surface area contributed by atoms with Gasteiger partial charge in [-0.15, -0.1) is 0 Å². The molecule has 6 heteroatoms. The first-order chi connectivity index (χ1) is 15.1. The van der Waals surface area contributed by atoms with Crippen LogP contribution in [0, 0.1) is 11.7 Å². The second-order valence-electron chi connectivity index (χ2n) is 8.35. The van der Waals surface area contributed by atoms with Crippen LogP contribution < -0.4 is 0 Å². The summed E-state index contributed by atoms with van der Waals surface area (Å²) in [4.78, 5) is 29.2. The van der Waals surface area contributed by atoms with E-state index in [9.17, 15) is 14.0 Å². The number of likely N-dealkylation sites (tertiary alicyclic amines) is 2. The van der Waals surface area contributed by atoms with E-state index >= 15 is 0 Å². The molecule has 1 aromatic carbocycles. The summed E-state index contributed by atoms with van der Waals surface area (Å²) in [5.41, 5.74) is 0.393. The lowest BCUT2D eigenvalue weighted by Crippen LogP contribution is -2.44. The smallest absolute Gasteiger partial charge is 0.246 e. The van der Waals surface area contributed by atoms with Crippen LogP contribution >= 0.6 is 0 Å². The van der Waals surface area contributed by atoms with Crippen LogP contribution in [0.4, 0.5) is 4.39 Å². The lowest BCUT2D eigenvalue weighted by Gasteiger charge is -2.33. The second-order valence-corrected chi connectivity index (χ2v) is 8.35. The predicted molar refractivity (Wildman–Crippen MR) is 117 cm³/mol. The standard InChI is InChI=1S/C25H29FN2O3/c26-22-8-4-3-7-21(22)23-11-9-20(31-23)10-12-24(29)27-17-13-19(14-18-27)25(30)28-15-5-1-2-6-16-28/h3-4,7-12,19H,1-2,5-6,13-18H2. The van der Waals surface area contributed by atoms with Crippen LogP contribution in [-0.2, 0) is 9.59 Å². The van der Waals surface area contributed by atoms with Gasteiger partial charge in [-0.25, -0.2) is 4.39 Å². The number of hydrogen-bond acceptors (Lipinski definition) is 3. The van der Waals surface area contributed by atoms with Gasteiger partial charge >= 0.3 is 0 Å². The van der Waals surface area contributed by atoms with Gasteiger partial charge in [-0.05, 0) is 56.0 Å². The monoisotopic (exact) mass is 424 g/mol. The molecular formula is C25H29FN2O3. The first-order valence-electron chi connectivity index (χ1n) is 11.2. The van der Waals surface area contributed by atoms with Gasteiger partial charge in [0, 0.05) is 38.2 Å². The number of rotatable bonds is 4. The normalized spacial score (nSPS) is 18.4. The Hall–Kier alpha value is -2.89. The van der Waals surface area contributed by atoms with Crippen molar-refractivity contribution in [2.75, 3.05) is 26.2 Å². The number of carbonyl (C=O) groups is 2. The number of carbonyl (C=O) groups excluding carboxylic acids is 2. The maximum atomic E-state index is 13.9. The van der Waals surface area contributed by atoms with Gasteiger partial charge in [0.25, 0.3) is 0 Å². The number of furan rings is 1. The minimum Gasteiger partial charge on any atom is -0.457 e. The van der Waals surface area contributed by atoms with Crippen molar-refractivity contribution >= 4 is 17.9 Å². The molecule has 2 aromatic rings. The molecule has 3 heterocycles. The number of hydrogen-bond donors (Lipinski definition) is 0. The van der Waals surface area contributed by atoms with Gasteiger partial charge in [0.15, 0.2) is 0 Å². The van der Waals surface area contributed by atoms with E-state index in [-0.39, 0.29) is 23.5 Å². The summed E-state index contributed by atoms with van der Waals surface area (Å²) in [5, 5.41) is 0. The molecule has 1 aromatic heterocycles. The molecule has 2 aliphatic heterocycles. The highest BCUT2D eigenvalue weighted by molar-refractivity contribution is 5.91. The molecule has 0 aliphatic carbocycles. The van der Waals surface area contributed by atoms with Crippen molar-refractivity contribution in [1.82, 2.24) is 9.80 Å². The Kier molecular flexibility index (Phi) is 6.85. The summed E-state index contributed by atoms with van der Waals surface area (Å²) in [6.07, 6.45) is 9.14. The van der Waals surface area contributed by atoms with Gasteiger partial charge < -0.3 is 14.2 Å². The molecular weight excluding hydrogens is 395 g/mol. The Balaban J connectivity index is 1.30. The maximum absolute atomic E-state index is 13.9. The van der Waals surface area contributed by atoms with Gasteiger partial charge in [0.1, 0.15) is 17.3 Å². The van der Waals surface area contributed by atoms with Crippen LogP contribution in [0.25, 0.3) is 17.4 Å². The largest absolute Gasteiger partial charge is 0.457 e. The minimum absolute atomic E-state index is 0.0273. The van der Waals surface area contributed by atoms with Crippen LogP contribution in [0.3, 0.4) is 0 Å². The van der Waals surface area contributed by atoms with E-state index in [1.165, 1.54) is 25.0 Å². The summed E-state index contributed by atoms with van der Waals surface area (Å²) >= 11 is 0. The van der Waals surface area contributed by atoms with Gasteiger partial charge in [-0.3, -0.25) is 9.59 Å². The zero-order valence-corrected chi connectivity index (χ0v) is 17.8. The fourth-order valence-electron chi connectivity index (χ4n) is 4.40. The van der Waals surface area contributed by atoms with Crippen LogP contribution in [0.2, 0.25) is 0 Å². The first kappa shape index (κ1) is 21.3. The first-order valence-corrected chi connectivity index (χ1v) is 11.2. The molecule has 0 saturated carbocycles. The Labute approximate surface area is 182 Å². The average molecular weight is 425 g/mol.